The van der Waals surface area contributed by atoms with Gasteiger partial charge in [-0.15, -0.1) is 11.3 Å². The van der Waals surface area contributed by atoms with E-state index in [1.807, 2.05) is 0 Å². The van der Waals surface area contributed by atoms with Crippen LogP contribution in [0.25, 0.3) is 10.2 Å². The van der Waals surface area contributed by atoms with Crippen molar-refractivity contribution in [3.8, 4) is 0 Å². The maximum Gasteiger partial charge on any atom is 0.270 e. The van der Waals surface area contributed by atoms with E-state index in [1.165, 1.54) is 35.2 Å². The first-order valence-electron chi connectivity index (χ1n) is 7.04. The topological polar surface area (TPSA) is 85.1 Å². The van der Waals surface area contributed by atoms with Crippen molar-refractivity contribution in [3.63, 3.8) is 0 Å². The van der Waals surface area contributed by atoms with Gasteiger partial charge in [0.25, 0.3) is 5.69 Å². The van der Waals surface area contributed by atoms with Crippen LogP contribution < -0.4 is 5.32 Å². The molecule has 1 N–H and O–H groups in total. The molecule has 0 saturated carbocycles. The molecular weight excluding hydrogens is 322 g/mol. The third-order valence-corrected chi connectivity index (χ3v) is 5.15. The van der Waals surface area contributed by atoms with Gasteiger partial charge in [-0.05, 0) is 12.5 Å². The number of hydrogen-bond donors (Lipinski definition) is 1. The molecular formula is C14H17N3O3S2. The largest absolute Gasteiger partial charge is 0.355 e. The molecule has 22 heavy (non-hydrogen) atoms. The van der Waals surface area contributed by atoms with Crippen LogP contribution in [0.3, 0.4) is 0 Å². The predicted molar refractivity (Wildman–Crippen MR) is 89.5 cm³/mol. The number of nitrogens with one attached hydrogen (secondary N) is 1. The van der Waals surface area contributed by atoms with E-state index in [0.29, 0.717) is 12.3 Å². The number of non-ortho nitro benzene ring substituents is 1. The number of rotatable bonds is 8. The number of benzene rings is 1. The number of nitro groups is 1. The molecule has 2 rings (SSSR count). The molecule has 1 aromatic heterocycles. The van der Waals surface area contributed by atoms with E-state index in [2.05, 4.69) is 17.2 Å². The fourth-order valence-corrected chi connectivity index (χ4v) is 3.78. The van der Waals surface area contributed by atoms with Gasteiger partial charge < -0.3 is 5.32 Å². The second kappa shape index (κ2) is 8.09. The maximum atomic E-state index is 11.7. The maximum absolute atomic E-state index is 11.7. The molecule has 2 aromatic rings. The molecule has 1 amide bonds. The molecule has 8 heteroatoms. The lowest BCUT2D eigenvalue weighted by molar-refractivity contribution is -0.384. The molecule has 0 aliphatic heterocycles. The summed E-state index contributed by atoms with van der Waals surface area (Å²) >= 11 is 2.73. The summed E-state index contributed by atoms with van der Waals surface area (Å²) in [5.74, 6) is 0.306. The summed E-state index contributed by atoms with van der Waals surface area (Å²) in [6, 6.07) is 4.59. The molecule has 0 aliphatic rings. The smallest absolute Gasteiger partial charge is 0.270 e. The van der Waals surface area contributed by atoms with Crippen molar-refractivity contribution in [2.75, 3.05) is 12.3 Å². The van der Waals surface area contributed by atoms with Crippen molar-refractivity contribution in [1.29, 1.82) is 0 Å². The molecule has 1 heterocycles. The summed E-state index contributed by atoms with van der Waals surface area (Å²) in [5, 5.41) is 13.6. The van der Waals surface area contributed by atoms with Gasteiger partial charge in [-0.1, -0.05) is 31.5 Å². The van der Waals surface area contributed by atoms with E-state index >= 15 is 0 Å². The van der Waals surface area contributed by atoms with Gasteiger partial charge in [0, 0.05) is 18.7 Å². The minimum absolute atomic E-state index is 0.00802. The zero-order valence-electron chi connectivity index (χ0n) is 12.2. The Morgan fingerprint density at radius 2 is 2.27 bits per heavy atom. The molecule has 0 spiro atoms. The van der Waals surface area contributed by atoms with Gasteiger partial charge in [0.05, 0.1) is 20.9 Å². The van der Waals surface area contributed by atoms with Gasteiger partial charge in [0.15, 0.2) is 4.34 Å². The molecule has 6 nitrogen and oxygen atoms in total. The Balaban J connectivity index is 1.89. The number of nitro benzene ring substituents is 1. The zero-order chi connectivity index (χ0) is 15.9. The Hall–Kier alpha value is -1.67. The van der Waals surface area contributed by atoms with Crippen molar-refractivity contribution in [2.45, 2.75) is 30.5 Å². The average molecular weight is 339 g/mol. The fourth-order valence-electron chi connectivity index (χ4n) is 1.85. The average Bonchev–Trinajstić information content (AvgIpc) is 2.91. The van der Waals surface area contributed by atoms with E-state index in [9.17, 15) is 14.9 Å². The summed E-state index contributed by atoms with van der Waals surface area (Å²) in [5.41, 5.74) is 0.780. The Labute approximate surface area is 136 Å². The third kappa shape index (κ3) is 4.67. The van der Waals surface area contributed by atoms with E-state index in [0.717, 1.165) is 33.8 Å². The van der Waals surface area contributed by atoms with Crippen LogP contribution >= 0.6 is 23.1 Å². The number of thiazole rings is 1. The normalized spacial score (nSPS) is 10.8. The molecule has 118 valence electrons. The Kier molecular flexibility index (Phi) is 6.14. The van der Waals surface area contributed by atoms with Gasteiger partial charge in [-0.25, -0.2) is 4.98 Å². The Bertz CT molecular complexity index is 672. The SMILES string of the molecule is CCCCCNC(=O)CSc1nc2ccc([N+](=O)[O-])cc2s1. The number of carbonyl (C=O) groups excluding carboxylic acids is 1. The standard InChI is InChI=1S/C14H17N3O3S2/c1-2-3-4-7-15-13(18)9-21-14-16-11-6-5-10(17(19)20)8-12(11)22-14/h5-6,8H,2-4,7,9H2,1H3,(H,15,18). The van der Waals surface area contributed by atoms with Crippen LogP contribution in [-0.2, 0) is 4.79 Å². The number of carbonyl (C=O) groups is 1. The zero-order valence-corrected chi connectivity index (χ0v) is 13.8. The summed E-state index contributed by atoms with van der Waals surface area (Å²) in [6.07, 6.45) is 3.24. The highest BCUT2D eigenvalue weighted by Gasteiger charge is 2.11. The van der Waals surface area contributed by atoms with Gasteiger partial charge in [-0.3, -0.25) is 14.9 Å². The van der Waals surface area contributed by atoms with Gasteiger partial charge in [0.2, 0.25) is 5.91 Å². The molecule has 0 unspecified atom stereocenters. The first-order chi connectivity index (χ1) is 10.6. The summed E-state index contributed by atoms with van der Waals surface area (Å²) < 4.78 is 1.51. The van der Waals surface area contributed by atoms with Crippen LogP contribution in [0.2, 0.25) is 0 Å². The number of amides is 1. The summed E-state index contributed by atoms with van der Waals surface area (Å²) in [7, 11) is 0. The van der Waals surface area contributed by atoms with Crippen LogP contribution in [0, 0.1) is 10.1 Å². The molecule has 0 fully saturated rings. The lowest BCUT2D eigenvalue weighted by Crippen LogP contribution is -2.26. The van der Waals surface area contributed by atoms with Gasteiger partial charge >= 0.3 is 0 Å². The predicted octanol–water partition coefficient (Wildman–Crippen LogP) is 3.60. The lowest BCUT2D eigenvalue weighted by atomic mass is 10.2. The van der Waals surface area contributed by atoms with Crippen molar-refractivity contribution < 1.29 is 9.72 Å². The van der Waals surface area contributed by atoms with Crippen LogP contribution in [0.1, 0.15) is 26.2 Å². The lowest BCUT2D eigenvalue weighted by Gasteiger charge is -2.02. The van der Waals surface area contributed by atoms with Crippen molar-refractivity contribution in [3.05, 3.63) is 28.3 Å². The van der Waals surface area contributed by atoms with E-state index in [1.54, 1.807) is 6.07 Å². The van der Waals surface area contributed by atoms with Crippen molar-refractivity contribution in [1.82, 2.24) is 10.3 Å². The minimum atomic E-state index is -0.421. The molecule has 0 saturated heterocycles. The second-order valence-electron chi connectivity index (χ2n) is 4.73. The van der Waals surface area contributed by atoms with E-state index < -0.39 is 4.92 Å². The first-order valence-corrected chi connectivity index (χ1v) is 8.85. The third-order valence-electron chi connectivity index (χ3n) is 2.99. The summed E-state index contributed by atoms with van der Waals surface area (Å²) in [4.78, 5) is 26.4. The van der Waals surface area contributed by atoms with Crippen molar-refractivity contribution in [2.24, 2.45) is 0 Å². The monoisotopic (exact) mass is 339 g/mol. The number of unbranched alkanes of at least 4 members (excludes halogenated alkanes) is 2. The molecule has 0 aliphatic carbocycles. The number of fused-ring (bicyclic) bond motifs is 1. The van der Waals surface area contributed by atoms with Crippen LogP contribution in [0.5, 0.6) is 0 Å². The van der Waals surface area contributed by atoms with Gasteiger partial charge in [0.1, 0.15) is 0 Å². The number of nitrogens with zero attached hydrogens (tertiary/aromatic N) is 2. The minimum Gasteiger partial charge on any atom is -0.355 e. The van der Waals surface area contributed by atoms with Crippen molar-refractivity contribution >= 4 is 44.9 Å². The Morgan fingerprint density at radius 3 is 3.00 bits per heavy atom. The molecule has 1 aromatic carbocycles. The second-order valence-corrected chi connectivity index (χ2v) is 6.99. The van der Waals surface area contributed by atoms with E-state index in [4.69, 9.17) is 0 Å². The van der Waals surface area contributed by atoms with Gasteiger partial charge in [-0.2, -0.15) is 0 Å². The number of thioether (sulfide) groups is 1. The van der Waals surface area contributed by atoms with Crippen LogP contribution in [0.4, 0.5) is 5.69 Å². The first kappa shape index (κ1) is 16.7. The Morgan fingerprint density at radius 1 is 1.45 bits per heavy atom. The van der Waals surface area contributed by atoms with Crippen LogP contribution in [-0.4, -0.2) is 28.1 Å². The molecule has 0 bridgehead atoms. The molecule has 0 radical (unpaired) electrons. The number of aromatic nitrogens is 1. The quantitative estimate of drug-likeness (QED) is 0.344. The number of hydrogen-bond acceptors (Lipinski definition) is 6. The highest BCUT2D eigenvalue weighted by atomic mass is 32.2. The van der Waals surface area contributed by atoms with Crippen LogP contribution in [0.15, 0.2) is 22.5 Å². The summed E-state index contributed by atoms with van der Waals surface area (Å²) in [6.45, 7) is 2.83. The highest BCUT2D eigenvalue weighted by Crippen LogP contribution is 2.31. The fraction of sp³-hybridized carbons (Fsp3) is 0.429. The van der Waals surface area contributed by atoms with E-state index in [-0.39, 0.29) is 11.6 Å². The molecule has 0 atom stereocenters. The highest BCUT2D eigenvalue weighted by molar-refractivity contribution is 8.01.